The van der Waals surface area contributed by atoms with Crippen molar-refractivity contribution in [1.82, 2.24) is 0 Å². The summed E-state index contributed by atoms with van der Waals surface area (Å²) in [4.78, 5) is 24.9. The van der Waals surface area contributed by atoms with E-state index in [4.69, 9.17) is 9.47 Å². The van der Waals surface area contributed by atoms with Crippen LogP contribution in [-0.2, 0) is 19.1 Å². The van der Waals surface area contributed by atoms with E-state index in [1.54, 1.807) is 11.8 Å². The van der Waals surface area contributed by atoms with Gasteiger partial charge in [-0.1, -0.05) is 12.2 Å². The van der Waals surface area contributed by atoms with Crippen LogP contribution in [0.4, 0.5) is 0 Å². The smallest absolute Gasteiger partial charge is 0.311 e. The molecule has 0 aromatic carbocycles. The fraction of sp³-hybridized carbons (Fsp3) is 0.750. The predicted molar refractivity (Wildman–Crippen MR) is 83.0 cm³/mol. The Bertz CT molecular complexity index is 428. The van der Waals surface area contributed by atoms with E-state index in [0.29, 0.717) is 0 Å². The SMILES string of the molecule is CC(C)(C)OC(=O)C1C2C=CC(S2)C1C(=O)OC(C)(C)C. The first-order chi connectivity index (χ1) is 9.48. The molecule has 0 saturated carbocycles. The van der Waals surface area contributed by atoms with Crippen molar-refractivity contribution in [1.29, 1.82) is 0 Å². The lowest BCUT2D eigenvalue weighted by Crippen LogP contribution is -2.42. The van der Waals surface area contributed by atoms with E-state index in [-0.39, 0.29) is 22.4 Å². The molecule has 0 aliphatic carbocycles. The summed E-state index contributed by atoms with van der Waals surface area (Å²) in [7, 11) is 0. The summed E-state index contributed by atoms with van der Waals surface area (Å²) in [6.07, 6.45) is 4.01. The van der Waals surface area contributed by atoms with Crippen LogP contribution < -0.4 is 0 Å². The lowest BCUT2D eigenvalue weighted by atomic mass is 9.83. The van der Waals surface area contributed by atoms with Gasteiger partial charge in [0.2, 0.25) is 0 Å². The first-order valence-electron chi connectivity index (χ1n) is 7.27. The first kappa shape index (κ1) is 16.4. The molecule has 0 N–H and O–H groups in total. The monoisotopic (exact) mass is 312 g/mol. The molecular weight excluding hydrogens is 288 g/mol. The Morgan fingerprint density at radius 3 is 1.43 bits per heavy atom. The van der Waals surface area contributed by atoms with E-state index in [1.807, 2.05) is 53.7 Å². The number of hydrogen-bond acceptors (Lipinski definition) is 5. The maximum absolute atomic E-state index is 12.5. The topological polar surface area (TPSA) is 52.6 Å². The van der Waals surface area contributed by atoms with Crippen molar-refractivity contribution in [3.63, 3.8) is 0 Å². The van der Waals surface area contributed by atoms with Crippen molar-refractivity contribution >= 4 is 23.7 Å². The van der Waals surface area contributed by atoms with E-state index in [0.717, 1.165) is 0 Å². The molecule has 0 amide bonds. The van der Waals surface area contributed by atoms with Crippen LogP contribution in [0.15, 0.2) is 12.2 Å². The summed E-state index contributed by atoms with van der Waals surface area (Å²) >= 11 is 1.64. The lowest BCUT2D eigenvalue weighted by molar-refractivity contribution is -0.172. The maximum Gasteiger partial charge on any atom is 0.311 e. The molecule has 4 nitrogen and oxygen atoms in total. The quantitative estimate of drug-likeness (QED) is 0.579. The Kier molecular flexibility index (Phi) is 4.17. The fourth-order valence-electron chi connectivity index (χ4n) is 2.61. The number of esters is 2. The summed E-state index contributed by atoms with van der Waals surface area (Å²) in [5.74, 6) is -1.50. The molecule has 0 aromatic heterocycles. The molecule has 118 valence electrons. The molecule has 4 atom stereocenters. The fourth-order valence-corrected chi connectivity index (χ4v) is 4.23. The zero-order valence-electron chi connectivity index (χ0n) is 13.5. The minimum absolute atomic E-state index is 0.0161. The van der Waals surface area contributed by atoms with E-state index < -0.39 is 23.0 Å². The third-order valence-electron chi connectivity index (χ3n) is 3.26. The molecule has 2 heterocycles. The Balaban J connectivity index is 2.17. The predicted octanol–water partition coefficient (Wildman–Crippen LogP) is 2.96. The van der Waals surface area contributed by atoms with Crippen LogP contribution in [0.1, 0.15) is 41.5 Å². The minimum Gasteiger partial charge on any atom is -0.460 e. The van der Waals surface area contributed by atoms with Crippen LogP contribution in [0.5, 0.6) is 0 Å². The van der Waals surface area contributed by atoms with Crippen LogP contribution >= 0.6 is 11.8 Å². The number of carbonyl (C=O) groups excluding carboxylic acids is 2. The molecule has 1 fully saturated rings. The number of fused-ring (bicyclic) bond motifs is 2. The van der Waals surface area contributed by atoms with E-state index in [1.165, 1.54) is 0 Å². The van der Waals surface area contributed by atoms with Crippen molar-refractivity contribution in [3.8, 4) is 0 Å². The van der Waals surface area contributed by atoms with Gasteiger partial charge in [0.1, 0.15) is 11.2 Å². The molecular formula is C16H24O4S. The van der Waals surface area contributed by atoms with Crippen LogP contribution in [-0.4, -0.2) is 33.6 Å². The molecule has 2 rings (SSSR count). The van der Waals surface area contributed by atoms with Gasteiger partial charge in [0, 0.05) is 10.5 Å². The van der Waals surface area contributed by atoms with Crippen LogP contribution in [0, 0.1) is 11.8 Å². The number of thioether (sulfide) groups is 1. The van der Waals surface area contributed by atoms with Crippen molar-refractivity contribution in [2.45, 2.75) is 63.2 Å². The summed E-state index contributed by atoms with van der Waals surface area (Å²) in [6.45, 7) is 11.0. The normalized spacial score (nSPS) is 31.3. The van der Waals surface area contributed by atoms with E-state index in [9.17, 15) is 9.59 Å². The Morgan fingerprint density at radius 1 is 0.810 bits per heavy atom. The first-order valence-corrected chi connectivity index (χ1v) is 8.22. The van der Waals surface area contributed by atoms with Crippen LogP contribution in [0.3, 0.4) is 0 Å². The number of ether oxygens (including phenoxy) is 2. The highest BCUT2D eigenvalue weighted by Crippen LogP contribution is 2.50. The molecule has 5 heteroatoms. The van der Waals surface area contributed by atoms with Gasteiger partial charge in [0.25, 0.3) is 0 Å². The number of carbonyl (C=O) groups is 2. The number of rotatable bonds is 2. The third kappa shape index (κ3) is 3.82. The Morgan fingerprint density at radius 2 is 1.14 bits per heavy atom. The van der Waals surface area contributed by atoms with Gasteiger partial charge in [-0.25, -0.2) is 0 Å². The van der Waals surface area contributed by atoms with Crippen molar-refractivity contribution in [2.75, 3.05) is 0 Å². The zero-order chi connectivity index (χ0) is 16.0. The van der Waals surface area contributed by atoms with E-state index >= 15 is 0 Å². The summed E-state index contributed by atoms with van der Waals surface area (Å²) in [5, 5.41) is 0.0322. The van der Waals surface area contributed by atoms with Gasteiger partial charge in [-0.05, 0) is 41.5 Å². The second-order valence-electron chi connectivity index (χ2n) is 7.57. The molecule has 4 unspecified atom stereocenters. The van der Waals surface area contributed by atoms with Crippen molar-refractivity contribution in [2.24, 2.45) is 11.8 Å². The van der Waals surface area contributed by atoms with Gasteiger partial charge in [-0.2, -0.15) is 0 Å². The van der Waals surface area contributed by atoms with Gasteiger partial charge in [0.15, 0.2) is 0 Å². The molecule has 1 saturated heterocycles. The molecule has 0 radical (unpaired) electrons. The average molecular weight is 312 g/mol. The standard InChI is InChI=1S/C16H24O4S/c1-15(2,3)19-13(17)11-9-7-8-10(21-9)12(11)14(18)20-16(4,5)6/h7-12H,1-6H3. The summed E-state index contributed by atoms with van der Waals surface area (Å²) < 4.78 is 11.0. The van der Waals surface area contributed by atoms with Gasteiger partial charge in [-0.3, -0.25) is 9.59 Å². The van der Waals surface area contributed by atoms with Crippen LogP contribution in [0.2, 0.25) is 0 Å². The highest BCUT2D eigenvalue weighted by atomic mass is 32.2. The zero-order valence-corrected chi connectivity index (χ0v) is 14.3. The summed E-state index contributed by atoms with van der Waals surface area (Å²) in [6, 6.07) is 0. The second-order valence-corrected chi connectivity index (χ2v) is 8.93. The van der Waals surface area contributed by atoms with Gasteiger partial charge < -0.3 is 9.47 Å². The largest absolute Gasteiger partial charge is 0.460 e. The van der Waals surface area contributed by atoms with Gasteiger partial charge in [-0.15, -0.1) is 11.8 Å². The highest BCUT2D eigenvalue weighted by Gasteiger charge is 2.54. The molecule has 2 bridgehead atoms. The van der Waals surface area contributed by atoms with Crippen LogP contribution in [0.25, 0.3) is 0 Å². The molecule has 2 aliphatic heterocycles. The Labute approximate surface area is 130 Å². The highest BCUT2D eigenvalue weighted by molar-refractivity contribution is 8.01. The number of hydrogen-bond donors (Lipinski definition) is 0. The van der Waals surface area contributed by atoms with Gasteiger partial charge in [0.05, 0.1) is 11.8 Å². The van der Waals surface area contributed by atoms with Crippen molar-refractivity contribution < 1.29 is 19.1 Å². The molecule has 0 spiro atoms. The van der Waals surface area contributed by atoms with Crippen molar-refractivity contribution in [3.05, 3.63) is 12.2 Å². The van der Waals surface area contributed by atoms with E-state index in [2.05, 4.69) is 0 Å². The second kappa shape index (κ2) is 5.34. The minimum atomic E-state index is -0.550. The molecule has 0 aromatic rings. The summed E-state index contributed by atoms with van der Waals surface area (Å²) in [5.41, 5.74) is -1.10. The molecule has 21 heavy (non-hydrogen) atoms. The average Bonchev–Trinajstić information content (AvgIpc) is 2.82. The Hall–Kier alpha value is -0.970. The maximum atomic E-state index is 12.5. The molecule has 2 aliphatic rings. The lowest BCUT2D eigenvalue weighted by Gasteiger charge is -2.30. The third-order valence-corrected chi connectivity index (χ3v) is 4.79. The van der Waals surface area contributed by atoms with Gasteiger partial charge >= 0.3 is 11.9 Å².